The highest BCUT2D eigenvalue weighted by atomic mass is 32.1. The van der Waals surface area contributed by atoms with Gasteiger partial charge in [-0.15, -0.1) is 11.3 Å². The van der Waals surface area contributed by atoms with Gasteiger partial charge in [0.2, 0.25) is 5.91 Å². The molecule has 4 nitrogen and oxygen atoms in total. The molecule has 21 heavy (non-hydrogen) atoms. The second-order valence-electron chi connectivity index (χ2n) is 4.49. The third-order valence-corrected chi connectivity index (χ3v) is 3.89. The van der Waals surface area contributed by atoms with Gasteiger partial charge in [0, 0.05) is 24.0 Å². The van der Waals surface area contributed by atoms with Crippen LogP contribution < -0.4 is 10.2 Å². The monoisotopic (exact) mass is 307 g/mol. The summed E-state index contributed by atoms with van der Waals surface area (Å²) in [7, 11) is 0. The Kier molecular flexibility index (Phi) is 5.27. The zero-order valence-corrected chi connectivity index (χ0v) is 12.9. The van der Waals surface area contributed by atoms with Crippen LogP contribution in [0.25, 0.3) is 11.3 Å². The summed E-state index contributed by atoms with van der Waals surface area (Å²) in [6, 6.07) is 6.24. The Morgan fingerprint density at radius 3 is 2.67 bits per heavy atom. The molecular formula is C15H18FN3OS. The minimum absolute atomic E-state index is 0.0158. The number of nitrogens with one attached hydrogen (secondary N) is 1. The fourth-order valence-electron chi connectivity index (χ4n) is 1.90. The highest BCUT2D eigenvalue weighted by molar-refractivity contribution is 7.14. The summed E-state index contributed by atoms with van der Waals surface area (Å²) < 4.78 is 12.9. The van der Waals surface area contributed by atoms with Crippen molar-refractivity contribution >= 4 is 22.4 Å². The van der Waals surface area contributed by atoms with Gasteiger partial charge in [-0.25, -0.2) is 9.37 Å². The van der Waals surface area contributed by atoms with Crippen LogP contribution in [-0.4, -0.2) is 30.5 Å². The Bertz CT molecular complexity index is 597. The molecule has 1 aromatic heterocycles. The van der Waals surface area contributed by atoms with E-state index in [4.69, 9.17) is 0 Å². The van der Waals surface area contributed by atoms with Gasteiger partial charge in [-0.3, -0.25) is 4.79 Å². The molecule has 1 heterocycles. The van der Waals surface area contributed by atoms with Crippen molar-refractivity contribution in [1.82, 2.24) is 10.3 Å². The first-order valence-corrected chi connectivity index (χ1v) is 7.75. The van der Waals surface area contributed by atoms with Crippen molar-refractivity contribution in [3.05, 3.63) is 35.5 Å². The topological polar surface area (TPSA) is 45.2 Å². The Morgan fingerprint density at radius 1 is 1.33 bits per heavy atom. The van der Waals surface area contributed by atoms with Gasteiger partial charge in [-0.1, -0.05) is 0 Å². The molecule has 112 valence electrons. The maximum absolute atomic E-state index is 12.9. The number of halogens is 1. The second kappa shape index (κ2) is 7.17. The molecule has 0 radical (unpaired) electrons. The first-order chi connectivity index (χ1) is 10.1. The predicted octanol–water partition coefficient (Wildman–Crippen LogP) is 2.91. The number of likely N-dealkylation sites (N-methyl/N-ethyl adjacent to an activating group) is 2. The van der Waals surface area contributed by atoms with Gasteiger partial charge in [0.1, 0.15) is 5.82 Å². The first-order valence-electron chi connectivity index (χ1n) is 6.87. The van der Waals surface area contributed by atoms with E-state index < -0.39 is 0 Å². The standard InChI is InChI=1S/C15H18FN3OS/c1-3-17-14(20)9-19(4-2)15-18-13(10-21-15)11-5-7-12(16)8-6-11/h5-8,10H,3-4,9H2,1-2H3,(H,17,20). The number of hydrogen-bond donors (Lipinski definition) is 1. The minimum Gasteiger partial charge on any atom is -0.355 e. The van der Waals surface area contributed by atoms with E-state index in [1.165, 1.54) is 23.5 Å². The van der Waals surface area contributed by atoms with Crippen LogP contribution in [0.1, 0.15) is 13.8 Å². The molecule has 0 aliphatic carbocycles. The predicted molar refractivity (Wildman–Crippen MR) is 84.1 cm³/mol. The molecule has 0 atom stereocenters. The number of hydrogen-bond acceptors (Lipinski definition) is 4. The molecule has 0 unspecified atom stereocenters. The van der Waals surface area contributed by atoms with Crippen molar-refractivity contribution in [3.63, 3.8) is 0 Å². The average molecular weight is 307 g/mol. The zero-order valence-electron chi connectivity index (χ0n) is 12.1. The van der Waals surface area contributed by atoms with E-state index >= 15 is 0 Å². The Labute approximate surface area is 127 Å². The summed E-state index contributed by atoms with van der Waals surface area (Å²) >= 11 is 1.48. The highest BCUT2D eigenvalue weighted by Crippen LogP contribution is 2.27. The zero-order chi connectivity index (χ0) is 15.2. The molecular weight excluding hydrogens is 289 g/mol. The lowest BCUT2D eigenvalue weighted by Crippen LogP contribution is -2.37. The van der Waals surface area contributed by atoms with Crippen LogP contribution in [-0.2, 0) is 4.79 Å². The molecule has 0 saturated carbocycles. The number of nitrogens with zero attached hydrogens (tertiary/aromatic N) is 2. The quantitative estimate of drug-likeness (QED) is 0.892. The number of amides is 1. The van der Waals surface area contributed by atoms with Crippen molar-refractivity contribution in [2.24, 2.45) is 0 Å². The lowest BCUT2D eigenvalue weighted by atomic mass is 10.2. The van der Waals surface area contributed by atoms with E-state index in [0.29, 0.717) is 19.6 Å². The number of thiazole rings is 1. The summed E-state index contributed by atoms with van der Waals surface area (Å²) in [6.07, 6.45) is 0. The fourth-order valence-corrected chi connectivity index (χ4v) is 2.80. The van der Waals surface area contributed by atoms with Crippen molar-refractivity contribution in [1.29, 1.82) is 0 Å². The molecule has 0 aliphatic rings. The molecule has 0 spiro atoms. The minimum atomic E-state index is -0.263. The highest BCUT2D eigenvalue weighted by Gasteiger charge is 2.13. The van der Waals surface area contributed by atoms with E-state index in [1.54, 1.807) is 12.1 Å². The van der Waals surface area contributed by atoms with E-state index in [2.05, 4.69) is 10.3 Å². The number of anilines is 1. The van der Waals surface area contributed by atoms with Gasteiger partial charge in [-0.05, 0) is 38.1 Å². The smallest absolute Gasteiger partial charge is 0.239 e. The molecule has 1 amide bonds. The van der Waals surface area contributed by atoms with Crippen LogP contribution in [0.3, 0.4) is 0 Å². The number of aromatic nitrogens is 1. The van der Waals surface area contributed by atoms with Gasteiger partial charge in [-0.2, -0.15) is 0 Å². The van der Waals surface area contributed by atoms with E-state index in [0.717, 1.165) is 16.4 Å². The molecule has 0 aliphatic heterocycles. The Balaban J connectivity index is 2.13. The second-order valence-corrected chi connectivity index (χ2v) is 5.33. The molecule has 2 aromatic rings. The maximum atomic E-state index is 12.9. The molecule has 0 fully saturated rings. The largest absolute Gasteiger partial charge is 0.355 e. The maximum Gasteiger partial charge on any atom is 0.239 e. The summed E-state index contributed by atoms with van der Waals surface area (Å²) in [5, 5.41) is 5.49. The Morgan fingerprint density at radius 2 is 2.05 bits per heavy atom. The van der Waals surface area contributed by atoms with Crippen molar-refractivity contribution in [3.8, 4) is 11.3 Å². The van der Waals surface area contributed by atoms with Crippen LogP contribution in [0, 0.1) is 5.82 Å². The SMILES string of the molecule is CCNC(=O)CN(CC)c1nc(-c2ccc(F)cc2)cs1. The normalized spacial score (nSPS) is 10.4. The van der Waals surface area contributed by atoms with E-state index in [1.807, 2.05) is 24.1 Å². The van der Waals surface area contributed by atoms with Crippen LogP contribution in [0.2, 0.25) is 0 Å². The van der Waals surface area contributed by atoms with Crippen molar-refractivity contribution in [2.75, 3.05) is 24.5 Å². The number of carbonyl (C=O) groups excluding carboxylic acids is 1. The number of benzene rings is 1. The summed E-state index contributed by atoms with van der Waals surface area (Å²) in [5.41, 5.74) is 1.66. The number of carbonyl (C=O) groups is 1. The summed E-state index contributed by atoms with van der Waals surface area (Å²) in [6.45, 7) is 5.49. The summed E-state index contributed by atoms with van der Waals surface area (Å²) in [5.74, 6) is -0.279. The Hall–Kier alpha value is -1.95. The van der Waals surface area contributed by atoms with Crippen LogP contribution in [0.15, 0.2) is 29.6 Å². The average Bonchev–Trinajstić information content (AvgIpc) is 2.95. The molecule has 1 aromatic carbocycles. The molecule has 1 N–H and O–H groups in total. The van der Waals surface area contributed by atoms with Gasteiger partial charge in [0.15, 0.2) is 5.13 Å². The summed E-state index contributed by atoms with van der Waals surface area (Å²) in [4.78, 5) is 18.1. The molecule has 6 heteroatoms. The van der Waals surface area contributed by atoms with Crippen LogP contribution in [0.5, 0.6) is 0 Å². The van der Waals surface area contributed by atoms with Gasteiger partial charge >= 0.3 is 0 Å². The molecule has 0 bridgehead atoms. The van der Waals surface area contributed by atoms with Crippen LogP contribution in [0.4, 0.5) is 9.52 Å². The van der Waals surface area contributed by atoms with Gasteiger partial charge in [0.25, 0.3) is 0 Å². The molecule has 2 rings (SSSR count). The van der Waals surface area contributed by atoms with E-state index in [9.17, 15) is 9.18 Å². The number of rotatable bonds is 6. The third kappa shape index (κ3) is 4.01. The van der Waals surface area contributed by atoms with Gasteiger partial charge < -0.3 is 10.2 Å². The fraction of sp³-hybridized carbons (Fsp3) is 0.333. The van der Waals surface area contributed by atoms with Crippen molar-refractivity contribution < 1.29 is 9.18 Å². The van der Waals surface area contributed by atoms with E-state index in [-0.39, 0.29) is 11.7 Å². The van der Waals surface area contributed by atoms with Crippen LogP contribution >= 0.6 is 11.3 Å². The van der Waals surface area contributed by atoms with Crippen molar-refractivity contribution in [2.45, 2.75) is 13.8 Å². The molecule has 0 saturated heterocycles. The lowest BCUT2D eigenvalue weighted by molar-refractivity contribution is -0.119. The first kappa shape index (κ1) is 15.4. The van der Waals surface area contributed by atoms with Gasteiger partial charge in [0.05, 0.1) is 12.2 Å². The third-order valence-electron chi connectivity index (χ3n) is 2.99. The lowest BCUT2D eigenvalue weighted by Gasteiger charge is -2.18.